The highest BCUT2D eigenvalue weighted by molar-refractivity contribution is 7.12. The van der Waals surface area contributed by atoms with Gasteiger partial charge in [0.15, 0.2) is 0 Å². The lowest BCUT2D eigenvalue weighted by Crippen LogP contribution is -2.00. The van der Waals surface area contributed by atoms with Crippen molar-refractivity contribution in [2.24, 2.45) is 0 Å². The van der Waals surface area contributed by atoms with Crippen molar-refractivity contribution in [2.45, 2.75) is 6.61 Å². The molecule has 1 heterocycles. The molecule has 0 amide bonds. The molecular formula is C12H8ClNO5S. The number of thiophene rings is 1. The van der Waals surface area contributed by atoms with Gasteiger partial charge in [0.05, 0.1) is 10.5 Å². The molecular weight excluding hydrogens is 306 g/mol. The van der Waals surface area contributed by atoms with Gasteiger partial charge in [0, 0.05) is 22.5 Å². The fourth-order valence-electron chi connectivity index (χ4n) is 1.52. The van der Waals surface area contributed by atoms with Crippen molar-refractivity contribution in [1.29, 1.82) is 0 Å². The van der Waals surface area contributed by atoms with Gasteiger partial charge in [-0.2, -0.15) is 0 Å². The second kappa shape index (κ2) is 5.89. The van der Waals surface area contributed by atoms with Crippen molar-refractivity contribution in [1.82, 2.24) is 0 Å². The van der Waals surface area contributed by atoms with Crippen LogP contribution in [0.5, 0.6) is 5.75 Å². The molecule has 1 N–H and O–H groups in total. The molecule has 0 fully saturated rings. The average molecular weight is 314 g/mol. The number of aromatic carboxylic acids is 1. The Morgan fingerprint density at radius 2 is 2.20 bits per heavy atom. The summed E-state index contributed by atoms with van der Waals surface area (Å²) in [4.78, 5) is 21.2. The molecule has 104 valence electrons. The minimum Gasteiger partial charge on any atom is -0.488 e. The normalized spacial score (nSPS) is 10.2. The number of hydrogen-bond acceptors (Lipinski definition) is 5. The number of nitrogens with zero attached hydrogens (tertiary/aromatic N) is 1. The number of carboxylic acid groups (broad SMARTS) is 1. The Bertz CT molecular complexity index is 670. The van der Waals surface area contributed by atoms with Crippen LogP contribution in [0, 0.1) is 10.1 Å². The predicted molar refractivity (Wildman–Crippen MR) is 73.7 cm³/mol. The fourth-order valence-corrected chi connectivity index (χ4v) is 2.37. The van der Waals surface area contributed by atoms with E-state index in [4.69, 9.17) is 21.4 Å². The third-order valence-electron chi connectivity index (χ3n) is 2.42. The minimum atomic E-state index is -1.04. The summed E-state index contributed by atoms with van der Waals surface area (Å²) >= 11 is 6.82. The smallest absolute Gasteiger partial charge is 0.346 e. The van der Waals surface area contributed by atoms with Crippen LogP contribution in [-0.4, -0.2) is 16.0 Å². The molecule has 0 bridgehead atoms. The summed E-state index contributed by atoms with van der Waals surface area (Å²) in [6.45, 7) is -0.0628. The van der Waals surface area contributed by atoms with E-state index < -0.39 is 10.9 Å². The van der Waals surface area contributed by atoms with Crippen LogP contribution < -0.4 is 4.74 Å². The Labute approximate surface area is 122 Å². The van der Waals surface area contributed by atoms with Crippen molar-refractivity contribution in [3.05, 3.63) is 55.2 Å². The number of rotatable bonds is 5. The first kappa shape index (κ1) is 14.3. The Kier molecular flexibility index (Phi) is 4.21. The summed E-state index contributed by atoms with van der Waals surface area (Å²) in [5.74, 6) is -0.694. The predicted octanol–water partition coefficient (Wildman–Crippen LogP) is 3.59. The van der Waals surface area contributed by atoms with Crippen molar-refractivity contribution in [3.8, 4) is 5.75 Å². The highest BCUT2D eigenvalue weighted by Gasteiger charge is 2.15. The van der Waals surface area contributed by atoms with Crippen LogP contribution in [0.15, 0.2) is 29.6 Å². The summed E-state index contributed by atoms with van der Waals surface area (Å²) in [7, 11) is 0. The van der Waals surface area contributed by atoms with E-state index in [1.807, 2.05) is 0 Å². The zero-order valence-electron chi connectivity index (χ0n) is 9.91. The van der Waals surface area contributed by atoms with Crippen LogP contribution in [0.25, 0.3) is 0 Å². The SMILES string of the molecule is O=C(O)c1cc(OCc2cc(Cl)ccc2[N+](=O)[O-])cs1. The van der Waals surface area contributed by atoms with Gasteiger partial charge in [0.25, 0.3) is 5.69 Å². The molecule has 0 aliphatic rings. The summed E-state index contributed by atoms with van der Waals surface area (Å²) in [5.41, 5.74) is 0.230. The van der Waals surface area contributed by atoms with Gasteiger partial charge in [0.1, 0.15) is 17.2 Å². The Hall–Kier alpha value is -2.12. The lowest BCUT2D eigenvalue weighted by molar-refractivity contribution is -0.385. The second-order valence-corrected chi connectivity index (χ2v) is 5.12. The van der Waals surface area contributed by atoms with Crippen LogP contribution in [0.1, 0.15) is 15.2 Å². The molecule has 0 radical (unpaired) electrons. The molecule has 0 aliphatic heterocycles. The largest absolute Gasteiger partial charge is 0.488 e. The molecule has 2 rings (SSSR count). The quantitative estimate of drug-likeness (QED) is 0.673. The first-order valence-electron chi connectivity index (χ1n) is 5.35. The molecule has 20 heavy (non-hydrogen) atoms. The minimum absolute atomic E-state index is 0.0628. The van der Waals surface area contributed by atoms with Gasteiger partial charge in [-0.1, -0.05) is 11.6 Å². The van der Waals surface area contributed by atoms with Gasteiger partial charge >= 0.3 is 5.97 Å². The van der Waals surface area contributed by atoms with E-state index in [9.17, 15) is 14.9 Å². The van der Waals surface area contributed by atoms with E-state index in [0.717, 1.165) is 11.3 Å². The summed E-state index contributed by atoms with van der Waals surface area (Å²) in [5, 5.41) is 21.5. The summed E-state index contributed by atoms with van der Waals surface area (Å²) < 4.78 is 5.35. The van der Waals surface area contributed by atoms with Crippen LogP contribution in [0.3, 0.4) is 0 Å². The number of carbonyl (C=O) groups is 1. The summed E-state index contributed by atoms with van der Waals surface area (Å²) in [6, 6.07) is 5.54. The third-order valence-corrected chi connectivity index (χ3v) is 3.55. The Morgan fingerprint density at radius 1 is 1.45 bits per heavy atom. The number of carboxylic acids is 1. The van der Waals surface area contributed by atoms with Crippen LogP contribution in [-0.2, 0) is 6.61 Å². The topological polar surface area (TPSA) is 89.7 Å². The number of nitro benzene ring substituents is 1. The van der Waals surface area contributed by atoms with Gasteiger partial charge in [0.2, 0.25) is 0 Å². The van der Waals surface area contributed by atoms with Crippen LogP contribution in [0.4, 0.5) is 5.69 Å². The van der Waals surface area contributed by atoms with E-state index in [0.29, 0.717) is 16.3 Å². The number of hydrogen-bond donors (Lipinski definition) is 1. The van der Waals surface area contributed by atoms with Gasteiger partial charge < -0.3 is 9.84 Å². The first-order chi connectivity index (χ1) is 9.47. The van der Waals surface area contributed by atoms with Gasteiger partial charge in [-0.25, -0.2) is 4.79 Å². The van der Waals surface area contributed by atoms with Crippen LogP contribution in [0.2, 0.25) is 5.02 Å². The monoisotopic (exact) mass is 313 g/mol. The van der Waals surface area contributed by atoms with E-state index in [2.05, 4.69) is 0 Å². The molecule has 0 saturated heterocycles. The van der Waals surface area contributed by atoms with Crippen LogP contribution >= 0.6 is 22.9 Å². The maximum atomic E-state index is 10.9. The number of benzene rings is 1. The van der Waals surface area contributed by atoms with Gasteiger partial charge in [-0.15, -0.1) is 11.3 Å². The van der Waals surface area contributed by atoms with Gasteiger partial charge in [-0.05, 0) is 12.1 Å². The molecule has 0 unspecified atom stereocenters. The molecule has 2 aromatic rings. The van der Waals surface area contributed by atoms with Crippen molar-refractivity contribution < 1.29 is 19.6 Å². The highest BCUT2D eigenvalue weighted by Crippen LogP contribution is 2.26. The van der Waals surface area contributed by atoms with E-state index in [-0.39, 0.29) is 17.2 Å². The molecule has 0 aliphatic carbocycles. The maximum absolute atomic E-state index is 10.9. The van der Waals surface area contributed by atoms with E-state index in [1.165, 1.54) is 29.6 Å². The molecule has 1 aromatic heterocycles. The zero-order valence-corrected chi connectivity index (χ0v) is 11.5. The highest BCUT2D eigenvalue weighted by atomic mass is 35.5. The molecule has 0 atom stereocenters. The lowest BCUT2D eigenvalue weighted by Gasteiger charge is -2.05. The molecule has 8 heteroatoms. The lowest BCUT2D eigenvalue weighted by atomic mass is 10.2. The Morgan fingerprint density at radius 3 is 2.80 bits per heavy atom. The number of nitro groups is 1. The maximum Gasteiger partial charge on any atom is 0.346 e. The number of ether oxygens (including phenoxy) is 1. The Balaban J connectivity index is 2.15. The average Bonchev–Trinajstić information content (AvgIpc) is 2.85. The first-order valence-corrected chi connectivity index (χ1v) is 6.60. The fraction of sp³-hybridized carbons (Fsp3) is 0.0833. The van der Waals surface area contributed by atoms with Gasteiger partial charge in [-0.3, -0.25) is 10.1 Å². The van der Waals surface area contributed by atoms with E-state index in [1.54, 1.807) is 0 Å². The summed E-state index contributed by atoms with van der Waals surface area (Å²) in [6.07, 6.45) is 0. The van der Waals surface area contributed by atoms with Crippen molar-refractivity contribution in [3.63, 3.8) is 0 Å². The third kappa shape index (κ3) is 3.25. The zero-order chi connectivity index (χ0) is 14.7. The molecule has 0 spiro atoms. The second-order valence-electron chi connectivity index (χ2n) is 3.77. The molecule has 0 saturated carbocycles. The van der Waals surface area contributed by atoms with Crippen molar-refractivity contribution in [2.75, 3.05) is 0 Å². The molecule has 6 nitrogen and oxygen atoms in total. The van der Waals surface area contributed by atoms with E-state index >= 15 is 0 Å². The molecule has 1 aromatic carbocycles. The van der Waals surface area contributed by atoms with Crippen molar-refractivity contribution >= 4 is 34.6 Å². The standard InChI is InChI=1S/C12H8ClNO5S/c13-8-1-2-10(14(17)18)7(3-8)5-19-9-4-11(12(15)16)20-6-9/h1-4,6H,5H2,(H,15,16). The number of halogens is 1.